The van der Waals surface area contributed by atoms with E-state index < -0.39 is 5.41 Å². The highest BCUT2D eigenvalue weighted by Crippen LogP contribution is 2.46. The average Bonchev–Trinajstić information content (AvgIpc) is 2.65. The first-order valence-electron chi connectivity index (χ1n) is 4.05. The Morgan fingerprint density at radius 2 is 2.18 bits per heavy atom. The van der Waals surface area contributed by atoms with Gasteiger partial charge in [0.2, 0.25) is 0 Å². The topological polar surface area (TPSA) is 40.9 Å². The lowest BCUT2D eigenvalue weighted by Gasteiger charge is -2.06. The van der Waals surface area contributed by atoms with E-state index in [2.05, 4.69) is 6.07 Å². The summed E-state index contributed by atoms with van der Waals surface area (Å²) in [5.41, 5.74) is -0.551. The van der Waals surface area contributed by atoms with Crippen molar-refractivity contribution in [3.8, 4) is 6.07 Å². The maximum absolute atomic E-state index is 11.3. The van der Waals surface area contributed by atoms with Crippen LogP contribution in [0.4, 0.5) is 0 Å². The molecule has 11 heavy (non-hydrogen) atoms. The molecule has 0 unspecified atom stereocenters. The zero-order valence-electron chi connectivity index (χ0n) is 7.05. The smallest absolute Gasteiger partial charge is 0.153 e. The van der Waals surface area contributed by atoms with Gasteiger partial charge in [0, 0.05) is 6.42 Å². The average molecular weight is 151 g/mol. The Balaban J connectivity index is 2.50. The van der Waals surface area contributed by atoms with Gasteiger partial charge in [-0.1, -0.05) is 13.8 Å². The quantitative estimate of drug-likeness (QED) is 0.618. The summed E-state index contributed by atoms with van der Waals surface area (Å²) in [5.74, 6) is 0.531. The molecule has 0 aromatic carbocycles. The van der Waals surface area contributed by atoms with E-state index >= 15 is 0 Å². The van der Waals surface area contributed by atoms with Crippen LogP contribution in [0.15, 0.2) is 0 Å². The highest BCUT2D eigenvalue weighted by Gasteiger charge is 2.49. The van der Waals surface area contributed by atoms with Gasteiger partial charge in [0.05, 0.1) is 6.07 Å². The molecular formula is C9H13NO. The fraction of sp³-hybridized carbons (Fsp3) is 0.778. The second-order valence-corrected chi connectivity index (χ2v) is 3.72. The molecule has 0 amide bonds. The largest absolute Gasteiger partial charge is 0.298 e. The van der Waals surface area contributed by atoms with Crippen LogP contribution in [0.3, 0.4) is 0 Å². The van der Waals surface area contributed by atoms with Crippen LogP contribution in [0.5, 0.6) is 0 Å². The van der Waals surface area contributed by atoms with Gasteiger partial charge in [-0.05, 0) is 18.8 Å². The summed E-state index contributed by atoms with van der Waals surface area (Å²) < 4.78 is 0. The Bertz CT molecular complexity index is 208. The van der Waals surface area contributed by atoms with E-state index in [4.69, 9.17) is 5.26 Å². The number of ketones is 1. The Morgan fingerprint density at radius 3 is 2.45 bits per heavy atom. The van der Waals surface area contributed by atoms with Crippen LogP contribution in [0, 0.1) is 22.7 Å². The summed E-state index contributed by atoms with van der Waals surface area (Å²) >= 11 is 0. The van der Waals surface area contributed by atoms with E-state index in [1.807, 2.05) is 13.8 Å². The first kappa shape index (κ1) is 8.26. The van der Waals surface area contributed by atoms with Crippen LogP contribution in [0.1, 0.15) is 33.1 Å². The molecule has 0 N–H and O–H groups in total. The Labute approximate surface area is 67.2 Å². The molecule has 0 aliphatic heterocycles. The van der Waals surface area contributed by atoms with Crippen LogP contribution in [0.25, 0.3) is 0 Å². The predicted octanol–water partition coefficient (Wildman–Crippen LogP) is 1.91. The van der Waals surface area contributed by atoms with Crippen molar-refractivity contribution in [2.45, 2.75) is 33.1 Å². The zero-order chi connectivity index (χ0) is 8.48. The van der Waals surface area contributed by atoms with Gasteiger partial charge in [-0.2, -0.15) is 5.26 Å². The third-order valence-corrected chi connectivity index (χ3v) is 2.09. The molecule has 0 radical (unpaired) electrons. The number of nitrogens with zero attached hydrogens (tertiary/aromatic N) is 1. The Hall–Kier alpha value is -0.840. The van der Waals surface area contributed by atoms with Crippen molar-refractivity contribution < 1.29 is 4.79 Å². The number of nitriles is 1. The summed E-state index contributed by atoms with van der Waals surface area (Å²) in [5, 5.41) is 8.67. The maximum atomic E-state index is 11.3. The van der Waals surface area contributed by atoms with Crippen molar-refractivity contribution >= 4 is 5.78 Å². The van der Waals surface area contributed by atoms with Crippen molar-refractivity contribution in [2.24, 2.45) is 11.3 Å². The molecule has 1 aliphatic carbocycles. The number of Topliss-reactive ketones (excluding diaryl/α,β-unsaturated/α-hetero) is 1. The van der Waals surface area contributed by atoms with Crippen molar-refractivity contribution in [3.63, 3.8) is 0 Å². The van der Waals surface area contributed by atoms with Gasteiger partial charge in [-0.15, -0.1) is 0 Å². The monoisotopic (exact) mass is 151 g/mol. The molecule has 0 spiro atoms. The van der Waals surface area contributed by atoms with Gasteiger partial charge in [0.25, 0.3) is 0 Å². The summed E-state index contributed by atoms with van der Waals surface area (Å²) in [6.07, 6.45) is 2.14. The third kappa shape index (κ3) is 1.59. The minimum atomic E-state index is -0.551. The molecule has 1 rings (SSSR count). The lowest BCUT2D eigenvalue weighted by Crippen LogP contribution is -2.15. The van der Waals surface area contributed by atoms with Crippen LogP contribution >= 0.6 is 0 Å². The SMILES string of the molecule is CC(C)CC(=O)C1(C#N)CC1. The molecule has 0 saturated heterocycles. The molecule has 0 heterocycles. The lowest BCUT2D eigenvalue weighted by molar-refractivity contribution is -0.123. The van der Waals surface area contributed by atoms with E-state index in [0.29, 0.717) is 12.3 Å². The molecule has 0 aromatic rings. The zero-order valence-corrected chi connectivity index (χ0v) is 7.05. The fourth-order valence-electron chi connectivity index (χ4n) is 1.14. The van der Waals surface area contributed by atoms with Crippen molar-refractivity contribution in [3.05, 3.63) is 0 Å². The second kappa shape index (κ2) is 2.65. The van der Waals surface area contributed by atoms with E-state index in [1.165, 1.54) is 0 Å². The highest BCUT2D eigenvalue weighted by molar-refractivity contribution is 5.90. The van der Waals surface area contributed by atoms with Gasteiger partial charge in [0.15, 0.2) is 5.78 Å². The van der Waals surface area contributed by atoms with Crippen molar-refractivity contribution in [2.75, 3.05) is 0 Å². The maximum Gasteiger partial charge on any atom is 0.153 e. The van der Waals surface area contributed by atoms with Crippen LogP contribution in [-0.2, 0) is 4.79 Å². The molecular weight excluding hydrogens is 138 g/mol. The fourth-order valence-corrected chi connectivity index (χ4v) is 1.14. The Kier molecular flexibility index (Phi) is 1.99. The molecule has 0 aromatic heterocycles. The van der Waals surface area contributed by atoms with Crippen LogP contribution < -0.4 is 0 Å². The molecule has 2 nitrogen and oxygen atoms in total. The molecule has 60 valence electrons. The van der Waals surface area contributed by atoms with E-state index in [1.54, 1.807) is 0 Å². The molecule has 0 atom stereocenters. The number of hydrogen-bond donors (Lipinski definition) is 0. The van der Waals surface area contributed by atoms with Gasteiger partial charge in [-0.3, -0.25) is 4.79 Å². The van der Waals surface area contributed by atoms with Crippen LogP contribution in [0.2, 0.25) is 0 Å². The van der Waals surface area contributed by atoms with Crippen LogP contribution in [-0.4, -0.2) is 5.78 Å². The number of hydrogen-bond acceptors (Lipinski definition) is 2. The minimum absolute atomic E-state index is 0.148. The molecule has 2 heteroatoms. The lowest BCUT2D eigenvalue weighted by atomic mass is 9.95. The first-order chi connectivity index (χ1) is 5.10. The van der Waals surface area contributed by atoms with E-state index in [0.717, 1.165) is 12.8 Å². The van der Waals surface area contributed by atoms with E-state index in [9.17, 15) is 4.79 Å². The van der Waals surface area contributed by atoms with Gasteiger partial charge in [-0.25, -0.2) is 0 Å². The molecule has 1 aliphatic rings. The predicted molar refractivity (Wildman–Crippen MR) is 41.7 cm³/mol. The van der Waals surface area contributed by atoms with Crippen molar-refractivity contribution in [1.82, 2.24) is 0 Å². The molecule has 0 bridgehead atoms. The number of carbonyl (C=O) groups excluding carboxylic acids is 1. The number of carbonyl (C=O) groups is 1. The molecule has 1 fully saturated rings. The summed E-state index contributed by atoms with van der Waals surface area (Å²) in [7, 11) is 0. The summed E-state index contributed by atoms with van der Waals surface area (Å²) in [4.78, 5) is 11.3. The van der Waals surface area contributed by atoms with Gasteiger partial charge in [0.1, 0.15) is 5.41 Å². The minimum Gasteiger partial charge on any atom is -0.298 e. The summed E-state index contributed by atoms with van der Waals surface area (Å²) in [6, 6.07) is 2.11. The Morgan fingerprint density at radius 1 is 1.64 bits per heavy atom. The standard InChI is InChI=1S/C9H13NO/c1-7(2)5-8(11)9(6-10)3-4-9/h7H,3-5H2,1-2H3. The molecule has 1 saturated carbocycles. The van der Waals surface area contributed by atoms with E-state index in [-0.39, 0.29) is 5.78 Å². The summed E-state index contributed by atoms with van der Waals surface area (Å²) in [6.45, 7) is 4.01. The second-order valence-electron chi connectivity index (χ2n) is 3.72. The van der Waals surface area contributed by atoms with Gasteiger partial charge >= 0.3 is 0 Å². The van der Waals surface area contributed by atoms with Gasteiger partial charge < -0.3 is 0 Å². The number of rotatable bonds is 3. The first-order valence-corrected chi connectivity index (χ1v) is 4.05. The normalized spacial score (nSPS) is 19.5. The van der Waals surface area contributed by atoms with Crippen molar-refractivity contribution in [1.29, 1.82) is 5.26 Å². The highest BCUT2D eigenvalue weighted by atomic mass is 16.1. The third-order valence-electron chi connectivity index (χ3n) is 2.09.